The molecule has 2 rings (SSSR count). The van der Waals surface area contributed by atoms with Crippen molar-refractivity contribution in [1.29, 1.82) is 0 Å². The van der Waals surface area contributed by atoms with Crippen LogP contribution in [0.1, 0.15) is 31.5 Å². The van der Waals surface area contributed by atoms with Gasteiger partial charge in [0.1, 0.15) is 5.82 Å². The van der Waals surface area contributed by atoms with E-state index in [1.54, 1.807) is 7.11 Å². The lowest BCUT2D eigenvalue weighted by Gasteiger charge is -2.07. The molecule has 0 unspecified atom stereocenters. The highest BCUT2D eigenvalue weighted by Gasteiger charge is 2.15. The Kier molecular flexibility index (Phi) is 6.32. The van der Waals surface area contributed by atoms with Crippen LogP contribution in [0.25, 0.3) is 0 Å². The molecule has 0 atom stereocenters. The number of aryl methyl sites for hydroxylation is 1. The minimum Gasteiger partial charge on any atom is -0.385 e. The number of rotatable bonds is 7. The summed E-state index contributed by atoms with van der Waals surface area (Å²) in [6.07, 6.45) is 5.43. The highest BCUT2D eigenvalue weighted by atomic mass is 32.2. The van der Waals surface area contributed by atoms with Crippen LogP contribution in [0.2, 0.25) is 0 Å². The Balaban J connectivity index is 1.76. The lowest BCUT2D eigenvalue weighted by Crippen LogP contribution is -2.27. The highest BCUT2D eigenvalue weighted by molar-refractivity contribution is 7.99. The van der Waals surface area contributed by atoms with E-state index in [1.165, 1.54) is 31.0 Å². The molecule has 1 aliphatic heterocycles. The van der Waals surface area contributed by atoms with Gasteiger partial charge in [-0.3, -0.25) is 4.79 Å². The number of carbonyl (C=O) groups is 1. The van der Waals surface area contributed by atoms with Gasteiger partial charge in [0.2, 0.25) is 5.91 Å². The highest BCUT2D eigenvalue weighted by Crippen LogP contribution is 2.21. The number of methoxy groups -OCH3 is 1. The van der Waals surface area contributed by atoms with Gasteiger partial charge in [0.15, 0.2) is 5.16 Å². The zero-order valence-corrected chi connectivity index (χ0v) is 12.7. The van der Waals surface area contributed by atoms with Crippen molar-refractivity contribution in [2.24, 2.45) is 0 Å². The van der Waals surface area contributed by atoms with Gasteiger partial charge in [-0.05, 0) is 19.3 Å². The van der Waals surface area contributed by atoms with Gasteiger partial charge in [0, 0.05) is 33.2 Å². The van der Waals surface area contributed by atoms with E-state index in [-0.39, 0.29) is 5.91 Å². The van der Waals surface area contributed by atoms with Crippen molar-refractivity contribution in [2.45, 2.75) is 43.8 Å². The molecule has 1 N–H and O–H groups in total. The van der Waals surface area contributed by atoms with E-state index in [9.17, 15) is 4.79 Å². The van der Waals surface area contributed by atoms with Crippen LogP contribution in [0.15, 0.2) is 5.16 Å². The van der Waals surface area contributed by atoms with E-state index < -0.39 is 0 Å². The van der Waals surface area contributed by atoms with Crippen molar-refractivity contribution in [3.63, 3.8) is 0 Å². The van der Waals surface area contributed by atoms with Gasteiger partial charge in [-0.2, -0.15) is 0 Å². The maximum atomic E-state index is 11.7. The molecule has 1 amide bonds. The second-order valence-corrected chi connectivity index (χ2v) is 5.79. The fraction of sp³-hybridized carbons (Fsp3) is 0.769. The van der Waals surface area contributed by atoms with Crippen LogP contribution in [-0.4, -0.2) is 46.7 Å². The van der Waals surface area contributed by atoms with E-state index in [1.807, 2.05) is 0 Å². The van der Waals surface area contributed by atoms with Gasteiger partial charge in [-0.25, -0.2) is 0 Å². The summed E-state index contributed by atoms with van der Waals surface area (Å²) in [4.78, 5) is 11.7. The third-order valence-electron chi connectivity index (χ3n) is 3.26. The van der Waals surface area contributed by atoms with Crippen LogP contribution < -0.4 is 5.32 Å². The van der Waals surface area contributed by atoms with Crippen molar-refractivity contribution in [1.82, 2.24) is 20.1 Å². The van der Waals surface area contributed by atoms with Crippen molar-refractivity contribution >= 4 is 17.7 Å². The molecule has 0 fully saturated rings. The largest absolute Gasteiger partial charge is 0.385 e. The summed E-state index contributed by atoms with van der Waals surface area (Å²) >= 11 is 1.47. The Bertz CT molecular complexity index is 436. The number of nitrogens with zero attached hydrogens (tertiary/aromatic N) is 3. The molecule has 0 aromatic carbocycles. The predicted octanol–water partition coefficient (Wildman–Crippen LogP) is 1.25. The molecule has 6 nitrogen and oxygen atoms in total. The number of fused-ring (bicyclic) bond motifs is 1. The lowest BCUT2D eigenvalue weighted by atomic mass is 10.2. The molecule has 0 aliphatic carbocycles. The number of aromatic nitrogens is 3. The van der Waals surface area contributed by atoms with Crippen molar-refractivity contribution in [3.8, 4) is 0 Å². The molecule has 1 aromatic rings. The molecular weight excluding hydrogens is 276 g/mol. The Morgan fingerprint density at radius 3 is 3.15 bits per heavy atom. The quantitative estimate of drug-likeness (QED) is 0.606. The molecule has 1 aromatic heterocycles. The van der Waals surface area contributed by atoms with Gasteiger partial charge in [0.05, 0.1) is 5.75 Å². The Morgan fingerprint density at radius 1 is 1.40 bits per heavy atom. The maximum Gasteiger partial charge on any atom is 0.230 e. The Morgan fingerprint density at radius 2 is 2.30 bits per heavy atom. The number of ether oxygens (including phenoxy) is 1. The van der Waals surface area contributed by atoms with Gasteiger partial charge in [-0.1, -0.05) is 18.2 Å². The van der Waals surface area contributed by atoms with Gasteiger partial charge < -0.3 is 14.6 Å². The number of amides is 1. The average Bonchev–Trinajstić information content (AvgIpc) is 2.69. The molecule has 0 radical (unpaired) electrons. The van der Waals surface area contributed by atoms with Crippen molar-refractivity contribution < 1.29 is 9.53 Å². The summed E-state index contributed by atoms with van der Waals surface area (Å²) in [7, 11) is 1.66. The molecule has 0 saturated carbocycles. The number of hydrogen-bond donors (Lipinski definition) is 1. The first-order chi connectivity index (χ1) is 9.81. The number of hydrogen-bond acceptors (Lipinski definition) is 5. The Labute approximate surface area is 123 Å². The molecule has 7 heteroatoms. The summed E-state index contributed by atoms with van der Waals surface area (Å²) < 4.78 is 7.10. The van der Waals surface area contributed by atoms with Gasteiger partial charge >= 0.3 is 0 Å². The summed E-state index contributed by atoms with van der Waals surface area (Å²) in [6, 6.07) is 0. The van der Waals surface area contributed by atoms with Crippen LogP contribution in [0.5, 0.6) is 0 Å². The zero-order chi connectivity index (χ0) is 14.2. The maximum absolute atomic E-state index is 11.7. The molecule has 112 valence electrons. The van der Waals surface area contributed by atoms with Crippen LogP contribution >= 0.6 is 11.8 Å². The lowest BCUT2D eigenvalue weighted by molar-refractivity contribution is -0.118. The summed E-state index contributed by atoms with van der Waals surface area (Å²) in [5, 5.41) is 12.2. The topological polar surface area (TPSA) is 69.0 Å². The van der Waals surface area contributed by atoms with E-state index in [0.29, 0.717) is 18.9 Å². The van der Waals surface area contributed by atoms with Crippen LogP contribution in [0.3, 0.4) is 0 Å². The number of thioether (sulfide) groups is 1. The second kappa shape index (κ2) is 8.26. The van der Waals surface area contributed by atoms with E-state index in [2.05, 4.69) is 20.1 Å². The minimum atomic E-state index is 0.0390. The Hall–Kier alpha value is -1.08. The first-order valence-corrected chi connectivity index (χ1v) is 8.10. The molecule has 0 spiro atoms. The normalized spacial score (nSPS) is 14.7. The molecule has 0 bridgehead atoms. The summed E-state index contributed by atoms with van der Waals surface area (Å²) in [5.74, 6) is 1.49. The van der Waals surface area contributed by atoms with E-state index in [4.69, 9.17) is 4.74 Å². The van der Waals surface area contributed by atoms with E-state index >= 15 is 0 Å². The van der Waals surface area contributed by atoms with Crippen molar-refractivity contribution in [2.75, 3.05) is 26.0 Å². The van der Waals surface area contributed by atoms with Crippen LogP contribution in [-0.2, 0) is 22.5 Å². The standard InChI is InChI=1S/C13H22N4O2S/c1-19-9-5-7-14-12(18)10-20-13-16-15-11-6-3-2-4-8-17(11)13/h2-10H2,1H3,(H,14,18). The third kappa shape index (κ3) is 4.49. The molecule has 20 heavy (non-hydrogen) atoms. The number of carbonyl (C=O) groups excluding carboxylic acids is 1. The smallest absolute Gasteiger partial charge is 0.230 e. The monoisotopic (exact) mass is 298 g/mol. The molecular formula is C13H22N4O2S. The SMILES string of the molecule is COCCCNC(=O)CSc1nnc2n1CCCCC2. The third-order valence-corrected chi connectivity index (χ3v) is 4.22. The summed E-state index contributed by atoms with van der Waals surface area (Å²) in [5.41, 5.74) is 0. The van der Waals surface area contributed by atoms with Gasteiger partial charge in [-0.15, -0.1) is 10.2 Å². The fourth-order valence-corrected chi connectivity index (χ4v) is 3.00. The van der Waals surface area contributed by atoms with E-state index in [0.717, 1.165) is 30.4 Å². The van der Waals surface area contributed by atoms with Crippen LogP contribution in [0.4, 0.5) is 0 Å². The fourth-order valence-electron chi connectivity index (χ4n) is 2.19. The molecule has 1 aliphatic rings. The summed E-state index contributed by atoms with van der Waals surface area (Å²) in [6.45, 7) is 2.30. The first-order valence-electron chi connectivity index (χ1n) is 7.12. The molecule has 0 saturated heterocycles. The molecule has 2 heterocycles. The first kappa shape index (κ1) is 15.3. The minimum absolute atomic E-state index is 0.0390. The average molecular weight is 298 g/mol. The second-order valence-electron chi connectivity index (χ2n) is 4.85. The van der Waals surface area contributed by atoms with Crippen molar-refractivity contribution in [3.05, 3.63) is 5.82 Å². The van der Waals surface area contributed by atoms with Gasteiger partial charge in [0.25, 0.3) is 0 Å². The van der Waals surface area contributed by atoms with Crippen LogP contribution in [0, 0.1) is 0 Å². The zero-order valence-electron chi connectivity index (χ0n) is 11.9. The number of nitrogens with one attached hydrogen (secondary N) is 1. The predicted molar refractivity (Wildman–Crippen MR) is 77.8 cm³/mol.